The number of anilines is 1. The van der Waals surface area contributed by atoms with Crippen molar-refractivity contribution in [1.82, 2.24) is 0 Å². The van der Waals surface area contributed by atoms with Crippen LogP contribution >= 0.6 is 0 Å². The summed E-state index contributed by atoms with van der Waals surface area (Å²) in [7, 11) is 1.85. The summed E-state index contributed by atoms with van der Waals surface area (Å²) < 4.78 is 0. The van der Waals surface area contributed by atoms with Crippen LogP contribution in [0.3, 0.4) is 0 Å². The van der Waals surface area contributed by atoms with Gasteiger partial charge >= 0.3 is 0 Å². The predicted octanol–water partition coefficient (Wildman–Crippen LogP) is 2.30. The molecule has 1 aromatic carbocycles. The van der Waals surface area contributed by atoms with Gasteiger partial charge < -0.3 is 10.0 Å². The second kappa shape index (κ2) is 4.64. The predicted molar refractivity (Wildman–Crippen MR) is 75.2 cm³/mol. The molecule has 1 heterocycles. The van der Waals surface area contributed by atoms with Crippen LogP contribution in [0.5, 0.6) is 0 Å². The Morgan fingerprint density at radius 2 is 2.11 bits per heavy atom. The van der Waals surface area contributed by atoms with E-state index in [2.05, 4.69) is 18.2 Å². The molecule has 1 aliphatic heterocycles. The largest absolute Gasteiger partial charge is 0.396 e. The van der Waals surface area contributed by atoms with Crippen LogP contribution in [0.4, 0.5) is 5.69 Å². The molecule has 19 heavy (non-hydrogen) atoms. The second-order valence-corrected chi connectivity index (χ2v) is 6.10. The number of carbonyl (C=O) groups is 1. The molecule has 0 radical (unpaired) electrons. The van der Waals surface area contributed by atoms with Gasteiger partial charge in [-0.1, -0.05) is 18.6 Å². The first-order chi connectivity index (χ1) is 9.13. The van der Waals surface area contributed by atoms with E-state index >= 15 is 0 Å². The number of aryl methyl sites for hydroxylation is 1. The lowest BCUT2D eigenvalue weighted by Gasteiger charge is -2.40. The molecule has 3 nitrogen and oxygen atoms in total. The molecule has 102 valence electrons. The zero-order valence-corrected chi connectivity index (χ0v) is 11.5. The van der Waals surface area contributed by atoms with Crippen LogP contribution in [0.2, 0.25) is 0 Å². The summed E-state index contributed by atoms with van der Waals surface area (Å²) in [6.45, 7) is 0.294. The lowest BCUT2D eigenvalue weighted by molar-refractivity contribution is -0.118. The van der Waals surface area contributed by atoms with E-state index < -0.39 is 0 Å². The molecular formula is C16H21NO2. The molecule has 1 aromatic rings. The van der Waals surface area contributed by atoms with Crippen LogP contribution in [-0.2, 0) is 17.6 Å². The Kier molecular flexibility index (Phi) is 3.09. The van der Waals surface area contributed by atoms with E-state index in [0.717, 1.165) is 31.4 Å². The second-order valence-electron chi connectivity index (χ2n) is 6.10. The lowest BCUT2D eigenvalue weighted by Crippen LogP contribution is -2.35. The summed E-state index contributed by atoms with van der Waals surface area (Å²) in [6, 6.07) is 6.41. The first kappa shape index (κ1) is 12.7. The Balaban J connectivity index is 1.84. The number of benzene rings is 1. The van der Waals surface area contributed by atoms with Crippen molar-refractivity contribution in [2.45, 2.75) is 38.5 Å². The molecule has 2 aliphatic rings. The van der Waals surface area contributed by atoms with Gasteiger partial charge in [-0.25, -0.2) is 0 Å². The quantitative estimate of drug-likeness (QED) is 0.905. The monoisotopic (exact) mass is 259 g/mol. The van der Waals surface area contributed by atoms with Gasteiger partial charge in [-0.05, 0) is 48.3 Å². The number of carbonyl (C=O) groups excluding carboxylic acids is 1. The molecule has 3 rings (SSSR count). The number of fused-ring (bicyclic) bond motifs is 1. The fourth-order valence-electron chi connectivity index (χ4n) is 3.32. The molecule has 1 saturated carbocycles. The molecule has 1 aliphatic carbocycles. The smallest absolute Gasteiger partial charge is 0.227 e. The van der Waals surface area contributed by atoms with E-state index in [1.54, 1.807) is 4.90 Å². The summed E-state index contributed by atoms with van der Waals surface area (Å²) in [4.78, 5) is 13.4. The lowest BCUT2D eigenvalue weighted by atomic mass is 9.66. The number of amides is 1. The maximum atomic E-state index is 11.7. The number of aliphatic hydroxyl groups is 1. The Hall–Kier alpha value is -1.35. The first-order valence-corrected chi connectivity index (χ1v) is 7.13. The molecule has 0 aromatic heterocycles. The highest BCUT2D eigenvalue weighted by molar-refractivity contribution is 5.95. The van der Waals surface area contributed by atoms with E-state index in [4.69, 9.17) is 0 Å². The van der Waals surface area contributed by atoms with Crippen molar-refractivity contribution in [2.24, 2.45) is 5.41 Å². The van der Waals surface area contributed by atoms with Gasteiger partial charge in [-0.2, -0.15) is 0 Å². The van der Waals surface area contributed by atoms with E-state index in [1.165, 1.54) is 17.5 Å². The normalized spacial score (nSPS) is 20.9. The van der Waals surface area contributed by atoms with Gasteiger partial charge in [0.1, 0.15) is 0 Å². The van der Waals surface area contributed by atoms with Crippen LogP contribution in [0, 0.1) is 5.41 Å². The van der Waals surface area contributed by atoms with Crippen LogP contribution in [0.1, 0.15) is 36.8 Å². The Morgan fingerprint density at radius 1 is 1.32 bits per heavy atom. The van der Waals surface area contributed by atoms with E-state index in [0.29, 0.717) is 13.0 Å². The molecular weight excluding hydrogens is 238 g/mol. The van der Waals surface area contributed by atoms with Crippen molar-refractivity contribution in [1.29, 1.82) is 0 Å². The van der Waals surface area contributed by atoms with Crippen LogP contribution < -0.4 is 4.90 Å². The van der Waals surface area contributed by atoms with Gasteiger partial charge in [0, 0.05) is 25.8 Å². The molecule has 0 unspecified atom stereocenters. The molecule has 0 atom stereocenters. The van der Waals surface area contributed by atoms with Crippen LogP contribution in [0.15, 0.2) is 18.2 Å². The Bertz CT molecular complexity index is 500. The molecule has 1 amide bonds. The van der Waals surface area contributed by atoms with Crippen LogP contribution in [-0.4, -0.2) is 24.7 Å². The van der Waals surface area contributed by atoms with Gasteiger partial charge in [0.2, 0.25) is 5.91 Å². The van der Waals surface area contributed by atoms with Gasteiger partial charge in [0.15, 0.2) is 0 Å². The SMILES string of the molecule is CN1C(=O)CCc2cc(CC3(CO)CCC3)ccc21. The van der Waals surface area contributed by atoms with E-state index in [1.807, 2.05) is 7.05 Å². The number of aliphatic hydroxyl groups excluding tert-OH is 1. The minimum Gasteiger partial charge on any atom is -0.396 e. The topological polar surface area (TPSA) is 40.5 Å². The van der Waals surface area contributed by atoms with Gasteiger partial charge in [-0.15, -0.1) is 0 Å². The summed E-state index contributed by atoms with van der Waals surface area (Å²) in [5, 5.41) is 9.56. The first-order valence-electron chi connectivity index (χ1n) is 7.13. The van der Waals surface area contributed by atoms with E-state index in [-0.39, 0.29) is 11.3 Å². The van der Waals surface area contributed by atoms with Crippen molar-refractivity contribution in [3.8, 4) is 0 Å². The number of hydrogen-bond acceptors (Lipinski definition) is 2. The Labute approximate surface area is 114 Å². The van der Waals surface area contributed by atoms with Crippen molar-refractivity contribution >= 4 is 11.6 Å². The summed E-state index contributed by atoms with van der Waals surface area (Å²) in [5.74, 6) is 0.200. The average molecular weight is 259 g/mol. The van der Waals surface area contributed by atoms with Gasteiger partial charge in [0.05, 0.1) is 0 Å². The molecule has 0 bridgehead atoms. The van der Waals surface area contributed by atoms with Gasteiger partial charge in [0.25, 0.3) is 0 Å². The van der Waals surface area contributed by atoms with Gasteiger partial charge in [-0.3, -0.25) is 4.79 Å². The third-order valence-electron chi connectivity index (χ3n) is 4.82. The molecule has 1 N–H and O–H groups in total. The van der Waals surface area contributed by atoms with E-state index in [9.17, 15) is 9.90 Å². The highest BCUT2D eigenvalue weighted by atomic mass is 16.3. The van der Waals surface area contributed by atoms with Crippen molar-refractivity contribution in [3.05, 3.63) is 29.3 Å². The number of nitrogens with zero attached hydrogens (tertiary/aromatic N) is 1. The van der Waals surface area contributed by atoms with Crippen molar-refractivity contribution in [3.63, 3.8) is 0 Å². The molecule has 0 saturated heterocycles. The van der Waals surface area contributed by atoms with Crippen molar-refractivity contribution < 1.29 is 9.90 Å². The summed E-state index contributed by atoms with van der Waals surface area (Å²) in [6.07, 6.45) is 5.94. The minimum absolute atomic E-state index is 0.130. The number of hydrogen-bond donors (Lipinski definition) is 1. The Morgan fingerprint density at radius 3 is 2.74 bits per heavy atom. The third-order valence-corrected chi connectivity index (χ3v) is 4.82. The third kappa shape index (κ3) is 2.16. The fourth-order valence-corrected chi connectivity index (χ4v) is 3.32. The minimum atomic E-state index is 0.130. The highest BCUT2D eigenvalue weighted by Crippen LogP contribution is 2.43. The zero-order chi connectivity index (χ0) is 13.5. The number of rotatable bonds is 3. The maximum Gasteiger partial charge on any atom is 0.227 e. The van der Waals surface area contributed by atoms with Crippen molar-refractivity contribution in [2.75, 3.05) is 18.6 Å². The fraction of sp³-hybridized carbons (Fsp3) is 0.562. The molecule has 1 fully saturated rings. The van der Waals surface area contributed by atoms with Crippen LogP contribution in [0.25, 0.3) is 0 Å². The molecule has 0 spiro atoms. The zero-order valence-electron chi connectivity index (χ0n) is 11.5. The molecule has 3 heteroatoms. The highest BCUT2D eigenvalue weighted by Gasteiger charge is 2.36. The summed E-state index contributed by atoms with van der Waals surface area (Å²) in [5.41, 5.74) is 3.75. The summed E-state index contributed by atoms with van der Waals surface area (Å²) >= 11 is 0. The average Bonchev–Trinajstić information content (AvgIpc) is 2.38. The maximum absolute atomic E-state index is 11.7. The standard InChI is InChI=1S/C16H21NO2/c1-17-14-5-3-12(9-13(14)4-6-15(17)19)10-16(11-18)7-2-8-16/h3,5,9,18H,2,4,6-8,10-11H2,1H3.